The first-order chi connectivity index (χ1) is 11.4. The number of piperidine rings is 1. The Bertz CT molecular complexity index is 649. The molecule has 0 spiro atoms. The van der Waals surface area contributed by atoms with Gasteiger partial charge in [-0.15, -0.1) is 0 Å². The Morgan fingerprint density at radius 1 is 1.08 bits per heavy atom. The van der Waals surface area contributed by atoms with Crippen LogP contribution in [-0.4, -0.2) is 43.8 Å². The van der Waals surface area contributed by atoms with E-state index in [-0.39, 0.29) is 6.04 Å². The van der Waals surface area contributed by atoms with Gasteiger partial charge in [0.1, 0.15) is 5.75 Å². The average Bonchev–Trinajstić information content (AvgIpc) is 3.04. The Labute approximate surface area is 145 Å². The topological polar surface area (TPSA) is 49.9 Å². The van der Waals surface area contributed by atoms with Crippen molar-refractivity contribution >= 4 is 10.2 Å². The minimum absolute atomic E-state index is 0.0616. The van der Waals surface area contributed by atoms with Crippen molar-refractivity contribution in [2.75, 3.05) is 26.7 Å². The molecule has 5 nitrogen and oxygen atoms in total. The van der Waals surface area contributed by atoms with Crippen molar-refractivity contribution in [3.05, 3.63) is 29.8 Å². The first-order valence-corrected chi connectivity index (χ1v) is 10.2. The lowest BCUT2D eigenvalue weighted by molar-refractivity contribution is 0.207. The molecule has 0 aromatic heterocycles. The Hall–Kier alpha value is -1.11. The second kappa shape index (κ2) is 7.02. The summed E-state index contributed by atoms with van der Waals surface area (Å²) in [6, 6.07) is 7.72. The van der Waals surface area contributed by atoms with E-state index in [4.69, 9.17) is 4.74 Å². The number of hydrogen-bond acceptors (Lipinski definition) is 3. The normalized spacial score (nSPS) is 29.7. The fourth-order valence-electron chi connectivity index (χ4n) is 4.12. The van der Waals surface area contributed by atoms with E-state index < -0.39 is 10.2 Å². The standard InChI is InChI=1S/C18H28N2O3S/c1-14-11-15(2)13-19(12-14)24(21,22)20-10-4-5-18(20)16-6-8-17(23-3)9-7-16/h6-9,14-15,18H,4-5,10-13H2,1-3H3. The molecule has 0 saturated carbocycles. The first-order valence-electron chi connectivity index (χ1n) is 8.82. The van der Waals surface area contributed by atoms with Gasteiger partial charge in [-0.1, -0.05) is 26.0 Å². The van der Waals surface area contributed by atoms with Gasteiger partial charge in [0.05, 0.1) is 13.2 Å². The summed E-state index contributed by atoms with van der Waals surface area (Å²) in [6.45, 7) is 6.17. The Morgan fingerprint density at radius 2 is 1.71 bits per heavy atom. The molecule has 3 rings (SSSR count). The molecule has 0 N–H and O–H groups in total. The van der Waals surface area contributed by atoms with Crippen LogP contribution >= 0.6 is 0 Å². The molecule has 2 fully saturated rings. The van der Waals surface area contributed by atoms with Crippen LogP contribution in [0.4, 0.5) is 0 Å². The molecule has 1 aromatic rings. The maximum absolute atomic E-state index is 13.2. The van der Waals surface area contributed by atoms with Gasteiger partial charge >= 0.3 is 0 Å². The zero-order valence-corrected chi connectivity index (χ0v) is 15.6. The smallest absolute Gasteiger partial charge is 0.282 e. The molecule has 2 heterocycles. The number of hydrogen-bond donors (Lipinski definition) is 0. The highest BCUT2D eigenvalue weighted by Gasteiger charge is 2.40. The van der Waals surface area contributed by atoms with E-state index in [1.807, 2.05) is 24.3 Å². The van der Waals surface area contributed by atoms with E-state index in [0.29, 0.717) is 31.5 Å². The third-order valence-electron chi connectivity index (χ3n) is 5.16. The molecular formula is C18H28N2O3S. The molecule has 2 saturated heterocycles. The van der Waals surface area contributed by atoms with Crippen LogP contribution in [0.2, 0.25) is 0 Å². The van der Waals surface area contributed by atoms with Gasteiger partial charge in [-0.05, 0) is 48.8 Å². The SMILES string of the molecule is COc1ccc(C2CCCN2S(=O)(=O)N2CC(C)CC(C)C2)cc1. The molecule has 0 bridgehead atoms. The van der Waals surface area contributed by atoms with Crippen molar-refractivity contribution in [2.24, 2.45) is 11.8 Å². The molecule has 6 heteroatoms. The van der Waals surface area contributed by atoms with Crippen molar-refractivity contribution < 1.29 is 13.2 Å². The number of benzene rings is 1. The van der Waals surface area contributed by atoms with E-state index in [1.165, 1.54) is 0 Å². The molecule has 2 aliphatic rings. The van der Waals surface area contributed by atoms with Crippen LogP contribution in [0.25, 0.3) is 0 Å². The van der Waals surface area contributed by atoms with E-state index >= 15 is 0 Å². The van der Waals surface area contributed by atoms with Crippen LogP contribution in [-0.2, 0) is 10.2 Å². The Balaban J connectivity index is 1.83. The zero-order valence-electron chi connectivity index (χ0n) is 14.8. The number of ether oxygens (including phenoxy) is 1. The van der Waals surface area contributed by atoms with Crippen molar-refractivity contribution in [1.29, 1.82) is 0 Å². The molecule has 0 radical (unpaired) electrons. The van der Waals surface area contributed by atoms with E-state index in [9.17, 15) is 8.42 Å². The number of nitrogens with zero attached hydrogens (tertiary/aromatic N) is 2. The highest BCUT2D eigenvalue weighted by Crippen LogP contribution is 2.37. The largest absolute Gasteiger partial charge is 0.497 e. The second-order valence-corrected chi connectivity index (χ2v) is 9.19. The molecule has 1 aromatic carbocycles. The molecule has 24 heavy (non-hydrogen) atoms. The predicted octanol–water partition coefficient (Wildman–Crippen LogP) is 3.05. The van der Waals surface area contributed by atoms with Crippen LogP contribution in [0.5, 0.6) is 5.75 Å². The van der Waals surface area contributed by atoms with Crippen molar-refractivity contribution in [3.8, 4) is 5.75 Å². The molecule has 0 amide bonds. The summed E-state index contributed by atoms with van der Waals surface area (Å²) in [5.74, 6) is 1.64. The first kappa shape index (κ1) is 17.7. The van der Waals surface area contributed by atoms with E-state index in [1.54, 1.807) is 15.7 Å². The van der Waals surface area contributed by atoms with Gasteiger partial charge in [-0.25, -0.2) is 0 Å². The van der Waals surface area contributed by atoms with Crippen LogP contribution < -0.4 is 4.74 Å². The molecule has 2 aliphatic heterocycles. The van der Waals surface area contributed by atoms with Crippen LogP contribution in [0.15, 0.2) is 24.3 Å². The van der Waals surface area contributed by atoms with Crippen molar-refractivity contribution in [2.45, 2.75) is 39.2 Å². The van der Waals surface area contributed by atoms with Crippen LogP contribution in [0.1, 0.15) is 44.7 Å². The van der Waals surface area contributed by atoms with Gasteiger partial charge in [0.15, 0.2) is 0 Å². The second-order valence-electron chi connectivity index (χ2n) is 7.31. The summed E-state index contributed by atoms with van der Waals surface area (Å²) in [6.07, 6.45) is 2.90. The molecule has 134 valence electrons. The van der Waals surface area contributed by atoms with Gasteiger partial charge in [0.25, 0.3) is 10.2 Å². The molecule has 3 atom stereocenters. The Kier molecular flexibility index (Phi) is 5.18. The minimum Gasteiger partial charge on any atom is -0.497 e. The lowest BCUT2D eigenvalue weighted by Crippen LogP contribution is -2.49. The summed E-state index contributed by atoms with van der Waals surface area (Å²) >= 11 is 0. The fraction of sp³-hybridized carbons (Fsp3) is 0.667. The lowest BCUT2D eigenvalue weighted by atomic mass is 9.94. The number of rotatable bonds is 4. The molecular weight excluding hydrogens is 324 g/mol. The molecule has 3 unspecified atom stereocenters. The maximum Gasteiger partial charge on any atom is 0.282 e. The summed E-state index contributed by atoms with van der Waals surface area (Å²) in [5.41, 5.74) is 1.05. The summed E-state index contributed by atoms with van der Waals surface area (Å²) in [4.78, 5) is 0. The van der Waals surface area contributed by atoms with Gasteiger partial charge < -0.3 is 4.74 Å². The van der Waals surface area contributed by atoms with Gasteiger partial charge in [0, 0.05) is 19.6 Å². The minimum atomic E-state index is -3.41. The van der Waals surface area contributed by atoms with Gasteiger partial charge in [-0.2, -0.15) is 17.0 Å². The Morgan fingerprint density at radius 3 is 2.29 bits per heavy atom. The highest BCUT2D eigenvalue weighted by molar-refractivity contribution is 7.86. The molecule has 0 aliphatic carbocycles. The summed E-state index contributed by atoms with van der Waals surface area (Å²) < 4.78 is 35.0. The zero-order chi connectivity index (χ0) is 17.3. The quantitative estimate of drug-likeness (QED) is 0.837. The summed E-state index contributed by atoms with van der Waals surface area (Å²) in [7, 11) is -1.77. The highest BCUT2D eigenvalue weighted by atomic mass is 32.2. The third kappa shape index (κ3) is 3.46. The average molecular weight is 353 g/mol. The van der Waals surface area contributed by atoms with Crippen LogP contribution in [0.3, 0.4) is 0 Å². The predicted molar refractivity (Wildman–Crippen MR) is 95.1 cm³/mol. The third-order valence-corrected chi connectivity index (χ3v) is 7.14. The maximum atomic E-state index is 13.2. The van der Waals surface area contributed by atoms with E-state index in [0.717, 1.165) is 30.6 Å². The van der Waals surface area contributed by atoms with Gasteiger partial charge in [0.2, 0.25) is 0 Å². The van der Waals surface area contributed by atoms with Crippen molar-refractivity contribution in [1.82, 2.24) is 8.61 Å². The monoisotopic (exact) mass is 352 g/mol. The van der Waals surface area contributed by atoms with Crippen molar-refractivity contribution in [3.63, 3.8) is 0 Å². The lowest BCUT2D eigenvalue weighted by Gasteiger charge is -2.37. The number of methoxy groups -OCH3 is 1. The van der Waals surface area contributed by atoms with Gasteiger partial charge in [-0.3, -0.25) is 0 Å². The fourth-order valence-corrected chi connectivity index (χ4v) is 6.21. The van der Waals surface area contributed by atoms with Crippen LogP contribution in [0, 0.1) is 11.8 Å². The summed E-state index contributed by atoms with van der Waals surface area (Å²) in [5, 5.41) is 0. The van der Waals surface area contributed by atoms with E-state index in [2.05, 4.69) is 13.8 Å².